The second-order valence-corrected chi connectivity index (χ2v) is 7.67. The summed E-state index contributed by atoms with van der Waals surface area (Å²) in [5, 5.41) is 10.6. The number of nitrogens with zero attached hydrogens (tertiary/aromatic N) is 3. The summed E-state index contributed by atoms with van der Waals surface area (Å²) in [7, 11) is 0. The first kappa shape index (κ1) is 18.7. The van der Waals surface area contributed by atoms with Gasteiger partial charge in [-0.15, -0.1) is 0 Å². The molecule has 2 aliphatic rings. The van der Waals surface area contributed by atoms with E-state index >= 15 is 0 Å². The summed E-state index contributed by atoms with van der Waals surface area (Å²) in [4.78, 5) is 16.8. The molecule has 6 nitrogen and oxygen atoms in total. The van der Waals surface area contributed by atoms with Crippen molar-refractivity contribution in [2.24, 2.45) is 0 Å². The van der Waals surface area contributed by atoms with Crippen LogP contribution in [0.2, 0.25) is 0 Å². The normalized spacial score (nSPS) is 20.1. The Bertz CT molecular complexity index is 915. The van der Waals surface area contributed by atoms with Crippen LogP contribution in [0.4, 0.5) is 0 Å². The van der Waals surface area contributed by atoms with Crippen LogP contribution >= 0.6 is 11.8 Å². The number of benzene rings is 1. The number of amides is 1. The number of furan rings is 1. The van der Waals surface area contributed by atoms with Crippen LogP contribution in [-0.2, 0) is 11.3 Å². The van der Waals surface area contributed by atoms with Gasteiger partial charge >= 0.3 is 0 Å². The molecular weight excluding hydrogens is 374 g/mol. The largest absolute Gasteiger partial charge is 0.494 e. The number of thioether (sulfide) groups is 1. The van der Waals surface area contributed by atoms with Gasteiger partial charge in [0, 0.05) is 12.3 Å². The molecule has 0 bridgehead atoms. The SMILES string of the molecule is CCOc1ccc([C@@H]2CC(=O)N3CN(Cc4ccco4)CSC3=C2C#N)cc1. The Morgan fingerprint density at radius 2 is 2.14 bits per heavy atom. The number of carbonyl (C=O) groups excluding carboxylic acids is 1. The minimum absolute atomic E-state index is 0.0459. The van der Waals surface area contributed by atoms with Gasteiger partial charge in [-0.3, -0.25) is 14.6 Å². The molecular formula is C21H21N3O3S. The lowest BCUT2D eigenvalue weighted by Crippen LogP contribution is -2.46. The van der Waals surface area contributed by atoms with Gasteiger partial charge in [-0.2, -0.15) is 5.26 Å². The fraction of sp³-hybridized carbons (Fsp3) is 0.333. The molecule has 0 unspecified atom stereocenters. The van der Waals surface area contributed by atoms with Crippen molar-refractivity contribution in [3.63, 3.8) is 0 Å². The molecule has 28 heavy (non-hydrogen) atoms. The van der Waals surface area contributed by atoms with Gasteiger partial charge in [-0.1, -0.05) is 23.9 Å². The zero-order chi connectivity index (χ0) is 19.5. The van der Waals surface area contributed by atoms with Gasteiger partial charge in [0.1, 0.15) is 11.5 Å². The lowest BCUT2D eigenvalue weighted by Gasteiger charge is -2.41. The third-order valence-corrected chi connectivity index (χ3v) is 6.11. The highest BCUT2D eigenvalue weighted by molar-refractivity contribution is 8.03. The third-order valence-electron chi connectivity index (χ3n) is 4.90. The molecule has 4 rings (SSSR count). The van der Waals surface area contributed by atoms with E-state index in [1.807, 2.05) is 43.3 Å². The standard InChI is InChI=1S/C21H21N3O3S/c1-2-26-16-7-5-15(6-8-16)18-10-20(25)24-13-23(12-17-4-3-9-27-17)14-28-21(24)19(18)11-22/h3-9,18H,2,10,12-14H2,1H3/t18-/m0/s1. The first-order chi connectivity index (χ1) is 13.7. The molecule has 0 aliphatic carbocycles. The van der Waals surface area contributed by atoms with Crippen LogP contribution in [0.15, 0.2) is 57.7 Å². The second-order valence-electron chi connectivity index (χ2n) is 6.73. The van der Waals surface area contributed by atoms with Gasteiger partial charge in [0.25, 0.3) is 0 Å². The van der Waals surface area contributed by atoms with E-state index in [0.29, 0.717) is 37.7 Å². The number of fused-ring (bicyclic) bond motifs is 1. The fourth-order valence-corrected chi connectivity index (χ4v) is 4.72. The molecule has 2 aromatic rings. The van der Waals surface area contributed by atoms with E-state index in [4.69, 9.17) is 9.15 Å². The minimum Gasteiger partial charge on any atom is -0.494 e. The number of hydrogen-bond donors (Lipinski definition) is 0. The summed E-state index contributed by atoms with van der Waals surface area (Å²) >= 11 is 1.55. The quantitative estimate of drug-likeness (QED) is 0.765. The van der Waals surface area contributed by atoms with E-state index in [9.17, 15) is 10.1 Å². The number of nitriles is 1. The van der Waals surface area contributed by atoms with Crippen LogP contribution < -0.4 is 4.74 Å². The first-order valence-corrected chi connectivity index (χ1v) is 10.2. The lowest BCUT2D eigenvalue weighted by molar-refractivity contribution is -0.132. The maximum Gasteiger partial charge on any atom is 0.229 e. The summed E-state index contributed by atoms with van der Waals surface area (Å²) in [5.41, 5.74) is 1.64. The molecule has 1 atom stereocenters. The molecule has 1 amide bonds. The molecule has 1 fully saturated rings. The predicted octanol–water partition coefficient (Wildman–Crippen LogP) is 3.89. The summed E-state index contributed by atoms with van der Waals surface area (Å²) in [6.45, 7) is 3.66. The molecule has 1 aromatic heterocycles. The van der Waals surface area contributed by atoms with Gasteiger partial charge in [0.2, 0.25) is 5.91 Å². The second kappa shape index (κ2) is 8.13. The Morgan fingerprint density at radius 3 is 2.82 bits per heavy atom. The van der Waals surface area contributed by atoms with Gasteiger partial charge < -0.3 is 9.15 Å². The Morgan fingerprint density at radius 1 is 1.32 bits per heavy atom. The van der Waals surface area contributed by atoms with Crippen molar-refractivity contribution < 1.29 is 13.9 Å². The maximum absolute atomic E-state index is 12.9. The molecule has 1 saturated heterocycles. The van der Waals surface area contributed by atoms with Crippen LogP contribution in [0, 0.1) is 11.3 Å². The van der Waals surface area contributed by atoms with Crippen molar-refractivity contribution in [1.82, 2.24) is 9.80 Å². The zero-order valence-electron chi connectivity index (χ0n) is 15.6. The van der Waals surface area contributed by atoms with Crippen LogP contribution in [0.5, 0.6) is 5.75 Å². The van der Waals surface area contributed by atoms with Crippen LogP contribution in [0.1, 0.15) is 30.6 Å². The Hall–Kier alpha value is -2.69. The first-order valence-electron chi connectivity index (χ1n) is 9.24. The zero-order valence-corrected chi connectivity index (χ0v) is 16.4. The number of hydrogen-bond acceptors (Lipinski definition) is 6. The van der Waals surface area contributed by atoms with Gasteiger partial charge in [0.15, 0.2) is 0 Å². The summed E-state index contributed by atoms with van der Waals surface area (Å²) in [6.07, 6.45) is 1.95. The third kappa shape index (κ3) is 3.66. The van der Waals surface area contributed by atoms with Crippen molar-refractivity contribution in [2.45, 2.75) is 25.8 Å². The number of rotatable bonds is 5. The predicted molar refractivity (Wildman–Crippen MR) is 106 cm³/mol. The van der Waals surface area contributed by atoms with Crippen molar-refractivity contribution in [3.8, 4) is 11.8 Å². The van der Waals surface area contributed by atoms with Crippen molar-refractivity contribution in [2.75, 3.05) is 19.2 Å². The molecule has 1 aromatic carbocycles. The average molecular weight is 395 g/mol. The number of ether oxygens (including phenoxy) is 1. The molecule has 2 aliphatic heterocycles. The Balaban J connectivity index is 1.57. The van der Waals surface area contributed by atoms with E-state index in [1.54, 1.807) is 22.9 Å². The topological polar surface area (TPSA) is 69.7 Å². The monoisotopic (exact) mass is 395 g/mol. The maximum atomic E-state index is 12.9. The van der Waals surface area contributed by atoms with Gasteiger partial charge in [0.05, 0.1) is 48.6 Å². The molecule has 0 saturated carbocycles. The van der Waals surface area contributed by atoms with Gasteiger partial charge in [-0.05, 0) is 36.8 Å². The number of carbonyl (C=O) groups is 1. The summed E-state index contributed by atoms with van der Waals surface area (Å²) in [6, 6.07) is 13.9. The lowest BCUT2D eigenvalue weighted by atomic mass is 9.86. The van der Waals surface area contributed by atoms with E-state index in [0.717, 1.165) is 22.1 Å². The van der Waals surface area contributed by atoms with Crippen LogP contribution in [0.3, 0.4) is 0 Å². The number of allylic oxidation sites excluding steroid dienone is 1. The van der Waals surface area contributed by atoms with E-state index in [2.05, 4.69) is 11.0 Å². The Kier molecular flexibility index (Phi) is 5.42. The van der Waals surface area contributed by atoms with Crippen molar-refractivity contribution in [1.29, 1.82) is 5.26 Å². The smallest absolute Gasteiger partial charge is 0.229 e. The van der Waals surface area contributed by atoms with E-state index < -0.39 is 0 Å². The highest BCUT2D eigenvalue weighted by Crippen LogP contribution is 2.42. The molecule has 7 heteroatoms. The highest BCUT2D eigenvalue weighted by atomic mass is 32.2. The fourth-order valence-electron chi connectivity index (χ4n) is 3.58. The Labute approximate surface area is 168 Å². The van der Waals surface area contributed by atoms with E-state index in [-0.39, 0.29) is 11.8 Å². The molecule has 144 valence electrons. The molecule has 0 N–H and O–H groups in total. The average Bonchev–Trinajstić information content (AvgIpc) is 3.22. The minimum atomic E-state index is -0.205. The van der Waals surface area contributed by atoms with E-state index in [1.165, 1.54) is 0 Å². The van der Waals surface area contributed by atoms with Crippen LogP contribution in [-0.4, -0.2) is 34.9 Å². The summed E-state index contributed by atoms with van der Waals surface area (Å²) in [5.74, 6) is 2.21. The molecule has 0 spiro atoms. The highest BCUT2D eigenvalue weighted by Gasteiger charge is 2.38. The van der Waals surface area contributed by atoms with Crippen molar-refractivity contribution >= 4 is 17.7 Å². The molecule has 3 heterocycles. The molecule has 0 radical (unpaired) electrons. The summed E-state index contributed by atoms with van der Waals surface area (Å²) < 4.78 is 10.9. The van der Waals surface area contributed by atoms with Gasteiger partial charge in [-0.25, -0.2) is 0 Å². The van der Waals surface area contributed by atoms with Crippen LogP contribution in [0.25, 0.3) is 0 Å². The van der Waals surface area contributed by atoms with Crippen molar-refractivity contribution in [3.05, 3.63) is 64.6 Å².